The maximum Gasteiger partial charge on any atom is 0.307 e. The molecule has 0 bridgehead atoms. The Kier molecular flexibility index (Phi) is 10.5. The Labute approximate surface area is 136 Å². The van der Waals surface area contributed by atoms with Gasteiger partial charge in [-0.2, -0.15) is 0 Å². The van der Waals surface area contributed by atoms with Crippen molar-refractivity contribution in [2.75, 3.05) is 6.61 Å². The molecule has 0 saturated carbocycles. The molecule has 3 nitrogen and oxygen atoms in total. The second-order valence-electron chi connectivity index (χ2n) is 5.70. The number of hydrogen-bond donors (Lipinski definition) is 0. The van der Waals surface area contributed by atoms with Crippen LogP contribution in [0.4, 0.5) is 0 Å². The number of hydrogen-bond acceptors (Lipinski definition) is 3. The van der Waals surface area contributed by atoms with Crippen LogP contribution in [0.5, 0.6) is 0 Å². The molecule has 0 N–H and O–H groups in total. The third-order valence-electron chi connectivity index (χ3n) is 3.68. The van der Waals surface area contributed by atoms with Gasteiger partial charge in [0.05, 0.1) is 13.0 Å². The van der Waals surface area contributed by atoms with Crippen LogP contribution >= 0.6 is 15.9 Å². The molecule has 0 aromatic heterocycles. The predicted molar refractivity (Wildman–Crippen MR) is 88.6 cm³/mol. The van der Waals surface area contributed by atoms with Gasteiger partial charge in [-0.05, 0) is 18.9 Å². The summed E-state index contributed by atoms with van der Waals surface area (Å²) in [6, 6.07) is 0. The van der Waals surface area contributed by atoms with Gasteiger partial charge < -0.3 is 4.74 Å². The third kappa shape index (κ3) is 10.7. The van der Waals surface area contributed by atoms with Crippen LogP contribution in [0.3, 0.4) is 0 Å². The first-order chi connectivity index (χ1) is 10.2. The van der Waals surface area contributed by atoms with E-state index in [1.165, 1.54) is 32.1 Å². The van der Waals surface area contributed by atoms with Crippen molar-refractivity contribution in [3.63, 3.8) is 0 Å². The van der Waals surface area contributed by atoms with Gasteiger partial charge in [0.1, 0.15) is 0 Å². The summed E-state index contributed by atoms with van der Waals surface area (Å²) in [4.78, 5) is 23.2. The summed E-state index contributed by atoms with van der Waals surface area (Å²) in [6.45, 7) is 0.515. The lowest BCUT2D eigenvalue weighted by molar-refractivity contribution is -0.143. The van der Waals surface area contributed by atoms with Crippen LogP contribution in [0.1, 0.15) is 70.6 Å². The Balaban J connectivity index is 2.38. The Morgan fingerprint density at radius 1 is 0.905 bits per heavy atom. The summed E-state index contributed by atoms with van der Waals surface area (Å²) >= 11 is 3.39. The summed E-state index contributed by atoms with van der Waals surface area (Å²) in [5, 5.41) is 0. The van der Waals surface area contributed by atoms with Gasteiger partial charge in [-0.15, -0.1) is 0 Å². The van der Waals surface area contributed by atoms with E-state index in [0.717, 1.165) is 25.7 Å². The summed E-state index contributed by atoms with van der Waals surface area (Å²) in [7, 11) is 0. The normalized spacial score (nSPS) is 26.4. The van der Waals surface area contributed by atoms with Crippen LogP contribution in [0.2, 0.25) is 0 Å². The molecule has 120 valence electrons. The quantitative estimate of drug-likeness (QED) is 0.464. The fraction of sp³-hybridized carbons (Fsp3) is 0.765. The topological polar surface area (TPSA) is 43.4 Å². The van der Waals surface area contributed by atoms with Gasteiger partial charge in [-0.3, -0.25) is 9.59 Å². The van der Waals surface area contributed by atoms with Crippen LogP contribution in [-0.4, -0.2) is 23.2 Å². The molecule has 0 aliphatic carbocycles. The van der Waals surface area contributed by atoms with Gasteiger partial charge in [0.25, 0.3) is 0 Å². The van der Waals surface area contributed by atoms with Crippen molar-refractivity contribution in [3.8, 4) is 0 Å². The largest absolute Gasteiger partial charge is 0.466 e. The minimum atomic E-state index is -0.199. The lowest BCUT2D eigenvalue weighted by atomic mass is 10.1. The number of cyclic esters (lactones) is 1. The van der Waals surface area contributed by atoms with Crippen molar-refractivity contribution >= 4 is 27.7 Å². The fourth-order valence-electron chi connectivity index (χ4n) is 2.41. The number of ketones is 1. The second-order valence-corrected chi connectivity index (χ2v) is 6.87. The van der Waals surface area contributed by atoms with Crippen LogP contribution in [0, 0.1) is 0 Å². The number of esters is 1. The molecule has 0 aromatic carbocycles. The SMILES string of the molecule is O=C1/C=C/C(Br)CC(=O)OCCCCCCCCCCC1. The Morgan fingerprint density at radius 2 is 1.48 bits per heavy atom. The average molecular weight is 359 g/mol. The first-order valence-corrected chi connectivity index (χ1v) is 9.11. The zero-order valence-electron chi connectivity index (χ0n) is 12.8. The standard InChI is InChI=1S/C17H27BrO3/c18-15-11-12-16(19)10-8-6-4-2-1-3-5-7-9-13-21-17(20)14-15/h11-12,15H,1-10,13-14H2/b12-11+. The van der Waals surface area contributed by atoms with Crippen molar-refractivity contribution in [2.45, 2.75) is 75.5 Å². The number of rotatable bonds is 0. The lowest BCUT2D eigenvalue weighted by Crippen LogP contribution is -2.11. The van der Waals surface area contributed by atoms with Gasteiger partial charge >= 0.3 is 5.97 Å². The van der Waals surface area contributed by atoms with Gasteiger partial charge in [-0.1, -0.05) is 67.0 Å². The van der Waals surface area contributed by atoms with E-state index in [1.54, 1.807) is 12.2 Å². The van der Waals surface area contributed by atoms with E-state index in [1.807, 2.05) is 0 Å². The highest BCUT2D eigenvalue weighted by molar-refractivity contribution is 9.09. The highest BCUT2D eigenvalue weighted by Crippen LogP contribution is 2.13. The average Bonchev–Trinajstić information content (AvgIpc) is 2.45. The van der Waals surface area contributed by atoms with E-state index in [-0.39, 0.29) is 23.0 Å². The van der Waals surface area contributed by atoms with Crippen molar-refractivity contribution in [1.82, 2.24) is 0 Å². The zero-order valence-corrected chi connectivity index (χ0v) is 14.4. The number of ether oxygens (including phenoxy) is 1. The van der Waals surface area contributed by atoms with E-state index in [2.05, 4.69) is 15.9 Å². The molecular formula is C17H27BrO3. The van der Waals surface area contributed by atoms with E-state index >= 15 is 0 Å². The molecular weight excluding hydrogens is 332 g/mol. The zero-order chi connectivity index (χ0) is 15.3. The number of allylic oxidation sites excluding steroid dienone is 2. The number of carbonyl (C=O) groups is 2. The van der Waals surface area contributed by atoms with Crippen LogP contribution in [0.15, 0.2) is 12.2 Å². The Bertz CT molecular complexity index is 339. The Hall–Kier alpha value is -0.640. The lowest BCUT2D eigenvalue weighted by Gasteiger charge is -2.07. The smallest absolute Gasteiger partial charge is 0.307 e. The van der Waals surface area contributed by atoms with Crippen molar-refractivity contribution in [2.24, 2.45) is 0 Å². The van der Waals surface area contributed by atoms with E-state index in [9.17, 15) is 9.59 Å². The van der Waals surface area contributed by atoms with Crippen molar-refractivity contribution < 1.29 is 14.3 Å². The van der Waals surface area contributed by atoms with Gasteiger partial charge in [0, 0.05) is 11.2 Å². The molecule has 1 aliphatic heterocycles. The fourth-order valence-corrected chi connectivity index (χ4v) is 2.82. The van der Waals surface area contributed by atoms with E-state index in [0.29, 0.717) is 13.0 Å². The molecule has 1 aliphatic rings. The van der Waals surface area contributed by atoms with E-state index < -0.39 is 0 Å². The predicted octanol–water partition coefficient (Wildman–Crippen LogP) is 4.72. The molecule has 0 amide bonds. The molecule has 0 spiro atoms. The molecule has 1 rings (SSSR count). The summed E-state index contributed by atoms with van der Waals surface area (Å²) in [5.41, 5.74) is 0. The third-order valence-corrected chi connectivity index (χ3v) is 4.31. The molecule has 1 atom stereocenters. The summed E-state index contributed by atoms with van der Waals surface area (Å²) in [5.74, 6) is -0.0518. The van der Waals surface area contributed by atoms with Crippen molar-refractivity contribution in [3.05, 3.63) is 12.2 Å². The number of halogens is 1. The maximum absolute atomic E-state index is 11.7. The number of carbonyl (C=O) groups excluding carboxylic acids is 2. The molecule has 0 radical (unpaired) electrons. The monoisotopic (exact) mass is 358 g/mol. The van der Waals surface area contributed by atoms with Gasteiger partial charge in [-0.25, -0.2) is 0 Å². The molecule has 0 saturated heterocycles. The molecule has 1 heterocycles. The highest BCUT2D eigenvalue weighted by Gasteiger charge is 2.09. The summed E-state index contributed by atoms with van der Waals surface area (Å²) < 4.78 is 5.20. The van der Waals surface area contributed by atoms with Crippen molar-refractivity contribution in [1.29, 1.82) is 0 Å². The van der Waals surface area contributed by atoms with E-state index in [4.69, 9.17) is 4.74 Å². The van der Waals surface area contributed by atoms with Crippen LogP contribution in [-0.2, 0) is 14.3 Å². The van der Waals surface area contributed by atoms with Crippen LogP contribution in [0.25, 0.3) is 0 Å². The number of alkyl halides is 1. The van der Waals surface area contributed by atoms with Crippen LogP contribution < -0.4 is 0 Å². The highest BCUT2D eigenvalue weighted by atomic mass is 79.9. The first kappa shape index (κ1) is 18.4. The molecule has 0 fully saturated rings. The Morgan fingerprint density at radius 3 is 2.14 bits per heavy atom. The van der Waals surface area contributed by atoms with Gasteiger partial charge in [0.2, 0.25) is 0 Å². The molecule has 4 heteroatoms. The molecule has 0 aromatic rings. The second kappa shape index (κ2) is 12.0. The molecule has 1 unspecified atom stereocenters. The minimum Gasteiger partial charge on any atom is -0.466 e. The minimum absolute atomic E-state index is 0.118. The van der Waals surface area contributed by atoms with Gasteiger partial charge in [0.15, 0.2) is 5.78 Å². The first-order valence-electron chi connectivity index (χ1n) is 8.19. The maximum atomic E-state index is 11.7. The molecule has 21 heavy (non-hydrogen) atoms. The summed E-state index contributed by atoms with van der Waals surface area (Å²) in [6.07, 6.45) is 14.7.